The number of aromatic nitrogens is 2. The summed E-state index contributed by atoms with van der Waals surface area (Å²) in [5.74, 6) is 1.38. The molecular formula is C16H18F3N3O2. The first-order chi connectivity index (χ1) is 11.3. The molecule has 2 unspecified atom stereocenters. The fourth-order valence-electron chi connectivity index (χ4n) is 2.98. The number of fused-ring (bicyclic) bond motifs is 1. The van der Waals surface area contributed by atoms with Crippen molar-refractivity contribution >= 4 is 5.82 Å². The first kappa shape index (κ1) is 16.5. The van der Waals surface area contributed by atoms with Gasteiger partial charge in [-0.1, -0.05) is 6.07 Å². The van der Waals surface area contributed by atoms with Crippen LogP contribution in [0.4, 0.5) is 19.0 Å². The predicted octanol–water partition coefficient (Wildman–Crippen LogP) is 3.87. The largest absolute Gasteiger partial charge is 0.493 e. The number of nitrogens with one attached hydrogen (secondary N) is 1. The second-order valence-electron chi connectivity index (χ2n) is 5.72. The van der Waals surface area contributed by atoms with Crippen molar-refractivity contribution < 1.29 is 22.6 Å². The maximum absolute atomic E-state index is 13.4. The lowest BCUT2D eigenvalue weighted by molar-refractivity contribution is -0.173. The smallest absolute Gasteiger partial charge is 0.410 e. The van der Waals surface area contributed by atoms with Crippen LogP contribution in [0.1, 0.15) is 29.8 Å². The summed E-state index contributed by atoms with van der Waals surface area (Å²) in [5.41, 5.74) is 1.24. The fourth-order valence-corrected chi connectivity index (χ4v) is 2.98. The topological polar surface area (TPSA) is 48.3 Å². The van der Waals surface area contributed by atoms with Crippen molar-refractivity contribution in [3.63, 3.8) is 0 Å². The van der Waals surface area contributed by atoms with E-state index in [9.17, 15) is 13.2 Å². The van der Waals surface area contributed by atoms with E-state index in [2.05, 4.69) is 10.4 Å². The van der Waals surface area contributed by atoms with Gasteiger partial charge in [-0.15, -0.1) is 0 Å². The summed E-state index contributed by atoms with van der Waals surface area (Å²) < 4.78 is 51.8. The predicted molar refractivity (Wildman–Crippen MR) is 82.6 cm³/mol. The monoisotopic (exact) mass is 341 g/mol. The molecule has 0 fully saturated rings. The second kappa shape index (κ2) is 5.92. The van der Waals surface area contributed by atoms with E-state index in [0.717, 1.165) is 4.68 Å². The number of rotatable bonds is 3. The maximum Gasteiger partial charge on any atom is 0.410 e. The van der Waals surface area contributed by atoms with Gasteiger partial charge in [0.1, 0.15) is 5.82 Å². The quantitative estimate of drug-likeness (QED) is 0.921. The molecular weight excluding hydrogens is 323 g/mol. The van der Waals surface area contributed by atoms with Crippen molar-refractivity contribution in [2.24, 2.45) is 0 Å². The van der Waals surface area contributed by atoms with Crippen LogP contribution >= 0.6 is 0 Å². The Labute approximate surface area is 137 Å². The van der Waals surface area contributed by atoms with Crippen molar-refractivity contribution in [3.05, 3.63) is 35.5 Å². The Morgan fingerprint density at radius 3 is 2.50 bits per heavy atom. The van der Waals surface area contributed by atoms with Gasteiger partial charge in [0, 0.05) is 12.5 Å². The number of ether oxygens (including phenoxy) is 2. The Morgan fingerprint density at radius 2 is 1.88 bits per heavy atom. The molecule has 0 radical (unpaired) electrons. The number of nitrogens with zero attached hydrogens (tertiary/aromatic N) is 2. The van der Waals surface area contributed by atoms with E-state index in [1.165, 1.54) is 14.2 Å². The van der Waals surface area contributed by atoms with Crippen LogP contribution in [-0.2, 0) is 0 Å². The molecule has 2 heterocycles. The van der Waals surface area contributed by atoms with Gasteiger partial charge >= 0.3 is 6.18 Å². The summed E-state index contributed by atoms with van der Waals surface area (Å²) in [7, 11) is 3.00. The van der Waals surface area contributed by atoms with Crippen LogP contribution in [0.15, 0.2) is 24.3 Å². The standard InChI is InChI=1S/C16H18F3N3O2/c1-9-6-15-20-11(8-14(16(17,18)19)22(15)21-9)10-4-5-12(23-2)13(7-10)24-3/h4-7,11,14,20H,8H2,1-3H3. The van der Waals surface area contributed by atoms with Crippen molar-refractivity contribution in [2.45, 2.75) is 31.6 Å². The number of anilines is 1. The van der Waals surface area contributed by atoms with Gasteiger partial charge in [-0.05, 0) is 24.6 Å². The molecule has 8 heteroatoms. The SMILES string of the molecule is COc1ccc(C2CC(C(F)(F)F)n3nc(C)cc3N2)cc1OC. The van der Waals surface area contributed by atoms with E-state index in [1.807, 2.05) is 0 Å². The molecule has 0 aliphatic carbocycles. The highest BCUT2D eigenvalue weighted by atomic mass is 19.4. The lowest BCUT2D eigenvalue weighted by atomic mass is 9.96. The number of benzene rings is 1. The zero-order valence-corrected chi connectivity index (χ0v) is 13.5. The molecule has 130 valence electrons. The third-order valence-electron chi connectivity index (χ3n) is 4.12. The highest BCUT2D eigenvalue weighted by Gasteiger charge is 2.46. The number of hydrogen-bond donors (Lipinski definition) is 1. The van der Waals surface area contributed by atoms with Crippen LogP contribution in [0.25, 0.3) is 0 Å². The first-order valence-corrected chi connectivity index (χ1v) is 7.45. The Kier molecular flexibility index (Phi) is 4.06. The summed E-state index contributed by atoms with van der Waals surface area (Å²) in [5, 5.41) is 7.11. The van der Waals surface area contributed by atoms with Gasteiger partial charge in [0.25, 0.3) is 0 Å². The minimum Gasteiger partial charge on any atom is -0.493 e. The van der Waals surface area contributed by atoms with Crippen molar-refractivity contribution in [1.29, 1.82) is 0 Å². The number of hydrogen-bond acceptors (Lipinski definition) is 4. The van der Waals surface area contributed by atoms with Crippen LogP contribution in [0, 0.1) is 6.92 Å². The summed E-state index contributed by atoms with van der Waals surface area (Å²) in [6.45, 7) is 1.67. The summed E-state index contributed by atoms with van der Waals surface area (Å²) in [4.78, 5) is 0. The fraction of sp³-hybridized carbons (Fsp3) is 0.438. The molecule has 1 aliphatic heterocycles. The highest BCUT2D eigenvalue weighted by molar-refractivity contribution is 5.48. The van der Waals surface area contributed by atoms with Crippen molar-refractivity contribution in [3.8, 4) is 11.5 Å². The van der Waals surface area contributed by atoms with Crippen LogP contribution in [0.2, 0.25) is 0 Å². The molecule has 3 rings (SSSR count). The van der Waals surface area contributed by atoms with Gasteiger partial charge in [-0.2, -0.15) is 18.3 Å². The normalized spacial score (nSPS) is 20.2. The molecule has 0 spiro atoms. The molecule has 0 amide bonds. The van der Waals surface area contributed by atoms with Gasteiger partial charge in [-0.25, -0.2) is 4.68 Å². The number of methoxy groups -OCH3 is 2. The van der Waals surface area contributed by atoms with Gasteiger partial charge in [0.2, 0.25) is 0 Å². The van der Waals surface area contributed by atoms with Crippen molar-refractivity contribution in [2.75, 3.05) is 19.5 Å². The van der Waals surface area contributed by atoms with E-state index in [0.29, 0.717) is 28.6 Å². The van der Waals surface area contributed by atoms with E-state index < -0.39 is 18.3 Å². The van der Waals surface area contributed by atoms with Crippen LogP contribution in [0.5, 0.6) is 11.5 Å². The molecule has 5 nitrogen and oxygen atoms in total. The lowest BCUT2D eigenvalue weighted by Gasteiger charge is -2.33. The van der Waals surface area contributed by atoms with Crippen LogP contribution < -0.4 is 14.8 Å². The molecule has 24 heavy (non-hydrogen) atoms. The van der Waals surface area contributed by atoms with E-state index in [1.54, 1.807) is 31.2 Å². The number of halogens is 3. The second-order valence-corrected chi connectivity index (χ2v) is 5.72. The Hall–Kier alpha value is -2.38. The highest BCUT2D eigenvalue weighted by Crippen LogP contribution is 2.44. The Bertz CT molecular complexity index is 743. The van der Waals surface area contributed by atoms with Crippen LogP contribution in [0.3, 0.4) is 0 Å². The van der Waals surface area contributed by atoms with Crippen LogP contribution in [-0.4, -0.2) is 30.2 Å². The molecule has 2 aromatic rings. The molecule has 2 atom stereocenters. The van der Waals surface area contributed by atoms with Crippen molar-refractivity contribution in [1.82, 2.24) is 9.78 Å². The molecule has 1 aromatic heterocycles. The third-order valence-corrected chi connectivity index (χ3v) is 4.12. The Balaban J connectivity index is 1.99. The molecule has 0 saturated heterocycles. The molecule has 0 bridgehead atoms. The molecule has 1 aliphatic rings. The van der Waals surface area contributed by atoms with E-state index in [4.69, 9.17) is 9.47 Å². The molecule has 1 aromatic carbocycles. The maximum atomic E-state index is 13.4. The first-order valence-electron chi connectivity index (χ1n) is 7.45. The third kappa shape index (κ3) is 2.88. The molecule has 0 saturated carbocycles. The summed E-state index contributed by atoms with van der Waals surface area (Å²) in [6, 6.07) is 4.58. The lowest BCUT2D eigenvalue weighted by Crippen LogP contribution is -2.35. The minimum atomic E-state index is -4.37. The average Bonchev–Trinajstić information content (AvgIpc) is 2.92. The minimum absolute atomic E-state index is 0.146. The number of aryl methyl sites for hydroxylation is 1. The van der Waals surface area contributed by atoms with Gasteiger partial charge in [-0.3, -0.25) is 0 Å². The van der Waals surface area contributed by atoms with Gasteiger partial charge < -0.3 is 14.8 Å². The molecule has 1 N–H and O–H groups in total. The van der Waals surface area contributed by atoms with Gasteiger partial charge in [0.05, 0.1) is 26.0 Å². The van der Waals surface area contributed by atoms with E-state index in [-0.39, 0.29) is 6.42 Å². The zero-order chi connectivity index (χ0) is 17.5. The van der Waals surface area contributed by atoms with Gasteiger partial charge in [0.15, 0.2) is 17.5 Å². The average molecular weight is 341 g/mol. The summed E-state index contributed by atoms with van der Waals surface area (Å²) in [6.07, 6.45) is -4.52. The van der Waals surface area contributed by atoms with E-state index >= 15 is 0 Å². The number of alkyl halides is 3. The zero-order valence-electron chi connectivity index (χ0n) is 13.5. The summed E-state index contributed by atoms with van der Waals surface area (Å²) >= 11 is 0. The Morgan fingerprint density at radius 1 is 1.17 bits per heavy atom.